The summed E-state index contributed by atoms with van der Waals surface area (Å²) in [4.78, 5) is 20.1. The Balaban J connectivity index is 2.37. The van der Waals surface area contributed by atoms with E-state index in [0.717, 1.165) is 5.52 Å². The molecule has 0 aliphatic carbocycles. The quantitative estimate of drug-likeness (QED) is 0.667. The molecule has 0 saturated carbocycles. The Kier molecular flexibility index (Phi) is 1.82. The van der Waals surface area contributed by atoms with Gasteiger partial charge in [0.1, 0.15) is 5.52 Å². The summed E-state index contributed by atoms with van der Waals surface area (Å²) in [5.74, 6) is 0. The summed E-state index contributed by atoms with van der Waals surface area (Å²) in [6, 6.07) is 0.296. The summed E-state index contributed by atoms with van der Waals surface area (Å²) in [7, 11) is 3.52. The third kappa shape index (κ3) is 1.57. The fraction of sp³-hybridized carbons (Fsp3) is 0.286. The van der Waals surface area contributed by atoms with Crippen LogP contribution in [-0.2, 0) is 0 Å². The van der Waals surface area contributed by atoms with E-state index in [0.29, 0.717) is 11.7 Å². The van der Waals surface area contributed by atoms with E-state index in [4.69, 9.17) is 4.84 Å². The minimum atomic E-state index is 0.296. The van der Waals surface area contributed by atoms with Gasteiger partial charge in [0.2, 0.25) is 0 Å². The van der Waals surface area contributed by atoms with Crippen LogP contribution in [0.4, 0.5) is 0 Å². The fourth-order valence-electron chi connectivity index (χ4n) is 0.928. The van der Waals surface area contributed by atoms with Gasteiger partial charge in [-0.3, -0.25) is 0 Å². The van der Waals surface area contributed by atoms with Gasteiger partial charge in [0.15, 0.2) is 5.65 Å². The van der Waals surface area contributed by atoms with Crippen molar-refractivity contribution < 1.29 is 4.84 Å². The lowest BCUT2D eigenvalue weighted by Crippen LogP contribution is -2.17. The monoisotopic (exact) mass is 179 g/mol. The van der Waals surface area contributed by atoms with Crippen LogP contribution in [0.25, 0.3) is 11.2 Å². The number of aromatic nitrogens is 4. The number of nitrogens with one attached hydrogen (secondary N) is 1. The van der Waals surface area contributed by atoms with Crippen molar-refractivity contribution in [2.75, 3.05) is 14.1 Å². The zero-order chi connectivity index (χ0) is 9.26. The number of fused-ring (bicyclic) bond motifs is 1. The summed E-state index contributed by atoms with van der Waals surface area (Å²) in [6.45, 7) is 0. The molecule has 0 saturated heterocycles. The lowest BCUT2D eigenvalue weighted by molar-refractivity contribution is -0.0134. The molecule has 13 heavy (non-hydrogen) atoms. The Bertz CT molecular complexity index is 410. The van der Waals surface area contributed by atoms with Crippen LogP contribution in [-0.4, -0.2) is 39.1 Å². The molecule has 6 heteroatoms. The first-order chi connectivity index (χ1) is 6.25. The highest BCUT2D eigenvalue weighted by atomic mass is 16.7. The number of rotatable bonds is 2. The molecule has 2 aromatic rings. The number of hydrogen-bond donors (Lipinski definition) is 1. The van der Waals surface area contributed by atoms with Crippen molar-refractivity contribution in [1.29, 1.82) is 0 Å². The van der Waals surface area contributed by atoms with Gasteiger partial charge in [-0.05, 0) is 0 Å². The van der Waals surface area contributed by atoms with Gasteiger partial charge in [-0.15, -0.1) is 5.06 Å². The topological polar surface area (TPSA) is 66.9 Å². The average Bonchev–Trinajstić information content (AvgIpc) is 2.49. The van der Waals surface area contributed by atoms with Crippen LogP contribution in [0.3, 0.4) is 0 Å². The third-order valence-corrected chi connectivity index (χ3v) is 1.42. The van der Waals surface area contributed by atoms with Crippen LogP contribution in [0.1, 0.15) is 0 Å². The first kappa shape index (κ1) is 7.93. The molecular formula is C7H9N5O. The van der Waals surface area contributed by atoms with Gasteiger partial charge in [0, 0.05) is 14.1 Å². The number of hydroxylamine groups is 2. The van der Waals surface area contributed by atoms with Gasteiger partial charge in [-0.25, -0.2) is 4.98 Å². The second kappa shape index (κ2) is 2.98. The zero-order valence-electron chi connectivity index (χ0n) is 7.35. The van der Waals surface area contributed by atoms with E-state index < -0.39 is 0 Å². The molecule has 0 bridgehead atoms. The summed E-state index contributed by atoms with van der Waals surface area (Å²) < 4.78 is 0. The molecule has 0 aliphatic heterocycles. The van der Waals surface area contributed by atoms with Crippen molar-refractivity contribution in [2.45, 2.75) is 0 Å². The minimum absolute atomic E-state index is 0.296. The number of imidazole rings is 1. The largest absolute Gasteiger partial charge is 0.366 e. The molecule has 0 aromatic carbocycles. The highest BCUT2D eigenvalue weighted by molar-refractivity contribution is 5.68. The Morgan fingerprint density at radius 1 is 1.38 bits per heavy atom. The maximum atomic E-state index is 5.15. The van der Waals surface area contributed by atoms with Crippen molar-refractivity contribution in [1.82, 2.24) is 25.0 Å². The normalized spacial score (nSPS) is 11.0. The predicted molar refractivity (Wildman–Crippen MR) is 46.0 cm³/mol. The third-order valence-electron chi connectivity index (χ3n) is 1.42. The van der Waals surface area contributed by atoms with E-state index in [-0.39, 0.29) is 0 Å². The zero-order valence-corrected chi connectivity index (χ0v) is 7.35. The van der Waals surface area contributed by atoms with Crippen molar-refractivity contribution >= 4 is 11.2 Å². The Morgan fingerprint density at radius 3 is 3.00 bits per heavy atom. The molecular weight excluding hydrogens is 170 g/mol. The predicted octanol–water partition coefficient (Wildman–Crippen LogP) is 0.208. The molecule has 0 amide bonds. The fourth-order valence-corrected chi connectivity index (χ4v) is 0.928. The number of hydrogen-bond acceptors (Lipinski definition) is 5. The van der Waals surface area contributed by atoms with E-state index in [1.807, 2.05) is 0 Å². The molecule has 0 spiro atoms. The van der Waals surface area contributed by atoms with Crippen LogP contribution in [0.5, 0.6) is 6.01 Å². The van der Waals surface area contributed by atoms with Gasteiger partial charge in [-0.2, -0.15) is 9.97 Å². The molecule has 0 atom stereocenters. The van der Waals surface area contributed by atoms with Gasteiger partial charge in [-0.1, -0.05) is 0 Å². The summed E-state index contributed by atoms with van der Waals surface area (Å²) in [5.41, 5.74) is 1.40. The standard InChI is InChI=1S/C7H9N5O/c1-12(2)13-7-8-3-5-6(11-7)10-4-9-5/h3-4H,1-2H3,(H,8,9,10,11). The Hall–Kier alpha value is -1.69. The molecule has 2 heterocycles. The second-order valence-electron chi connectivity index (χ2n) is 2.70. The summed E-state index contributed by atoms with van der Waals surface area (Å²) in [5, 5.41) is 1.52. The van der Waals surface area contributed by atoms with E-state index >= 15 is 0 Å². The summed E-state index contributed by atoms with van der Waals surface area (Å²) in [6.07, 6.45) is 3.20. The molecule has 1 N–H and O–H groups in total. The molecule has 6 nitrogen and oxygen atoms in total. The SMILES string of the molecule is CN(C)Oc1ncc2[nH]cnc2n1. The highest BCUT2D eigenvalue weighted by Crippen LogP contribution is 2.08. The van der Waals surface area contributed by atoms with Gasteiger partial charge in [0.25, 0.3) is 0 Å². The lowest BCUT2D eigenvalue weighted by atomic mass is 10.6. The number of nitrogens with zero attached hydrogens (tertiary/aromatic N) is 4. The van der Waals surface area contributed by atoms with Crippen molar-refractivity contribution in [3.63, 3.8) is 0 Å². The Labute approximate surface area is 74.5 Å². The molecule has 0 fully saturated rings. The second-order valence-corrected chi connectivity index (χ2v) is 2.70. The van der Waals surface area contributed by atoms with E-state index in [1.165, 1.54) is 5.06 Å². The van der Waals surface area contributed by atoms with Crippen molar-refractivity contribution in [2.24, 2.45) is 0 Å². The van der Waals surface area contributed by atoms with Crippen LogP contribution >= 0.6 is 0 Å². The molecule has 0 unspecified atom stereocenters. The van der Waals surface area contributed by atoms with Gasteiger partial charge in [0.05, 0.1) is 12.5 Å². The van der Waals surface area contributed by atoms with Crippen molar-refractivity contribution in [3.05, 3.63) is 12.5 Å². The van der Waals surface area contributed by atoms with Crippen LogP contribution in [0.15, 0.2) is 12.5 Å². The van der Waals surface area contributed by atoms with Gasteiger partial charge < -0.3 is 9.82 Å². The molecule has 68 valence electrons. The molecule has 0 aliphatic rings. The highest BCUT2D eigenvalue weighted by Gasteiger charge is 2.03. The van der Waals surface area contributed by atoms with Crippen LogP contribution in [0.2, 0.25) is 0 Å². The Morgan fingerprint density at radius 2 is 2.23 bits per heavy atom. The number of H-pyrrole nitrogens is 1. The van der Waals surface area contributed by atoms with Crippen molar-refractivity contribution in [3.8, 4) is 6.01 Å². The minimum Gasteiger partial charge on any atom is -0.366 e. The first-order valence-electron chi connectivity index (χ1n) is 3.77. The van der Waals surface area contributed by atoms with Crippen LogP contribution < -0.4 is 4.84 Å². The summed E-state index contributed by atoms with van der Waals surface area (Å²) >= 11 is 0. The maximum absolute atomic E-state index is 5.15. The van der Waals surface area contributed by atoms with Crippen LogP contribution in [0, 0.1) is 0 Å². The smallest absolute Gasteiger partial charge is 0.338 e. The molecule has 2 aromatic heterocycles. The van der Waals surface area contributed by atoms with E-state index in [9.17, 15) is 0 Å². The molecule has 0 radical (unpaired) electrons. The first-order valence-corrected chi connectivity index (χ1v) is 3.77. The average molecular weight is 179 g/mol. The van der Waals surface area contributed by atoms with E-state index in [2.05, 4.69) is 19.9 Å². The number of aromatic amines is 1. The molecule has 2 rings (SSSR count). The lowest BCUT2D eigenvalue weighted by Gasteiger charge is -2.08. The van der Waals surface area contributed by atoms with E-state index in [1.54, 1.807) is 26.6 Å². The van der Waals surface area contributed by atoms with Gasteiger partial charge >= 0.3 is 6.01 Å². The maximum Gasteiger partial charge on any atom is 0.338 e.